The van der Waals surface area contributed by atoms with E-state index in [9.17, 15) is 0 Å². The summed E-state index contributed by atoms with van der Waals surface area (Å²) >= 11 is 0. The lowest BCUT2D eigenvalue weighted by Crippen LogP contribution is -2.53. The van der Waals surface area contributed by atoms with Crippen molar-refractivity contribution in [1.29, 1.82) is 0 Å². The molecule has 2 saturated carbocycles. The van der Waals surface area contributed by atoms with E-state index in [0.717, 1.165) is 24.0 Å². The van der Waals surface area contributed by atoms with E-state index in [2.05, 4.69) is 31.0 Å². The molecule has 2 nitrogen and oxygen atoms in total. The lowest BCUT2D eigenvalue weighted by Gasteiger charge is -2.41. The normalized spacial score (nSPS) is 28.3. The van der Waals surface area contributed by atoms with Gasteiger partial charge in [-0.1, -0.05) is 33.6 Å². The molecule has 19 heavy (non-hydrogen) atoms. The van der Waals surface area contributed by atoms with Crippen LogP contribution in [0, 0.1) is 5.92 Å². The van der Waals surface area contributed by atoms with Crippen LogP contribution in [0.1, 0.15) is 72.1 Å². The molecule has 0 heterocycles. The molecule has 0 aromatic heterocycles. The van der Waals surface area contributed by atoms with Gasteiger partial charge in [-0.15, -0.1) is 0 Å². The summed E-state index contributed by atoms with van der Waals surface area (Å²) in [4.78, 5) is 2.88. The molecule has 2 heteroatoms. The van der Waals surface area contributed by atoms with Crippen molar-refractivity contribution in [3.63, 3.8) is 0 Å². The first-order valence-electron chi connectivity index (χ1n) is 8.71. The first-order valence-corrected chi connectivity index (χ1v) is 8.71. The minimum Gasteiger partial charge on any atom is -0.312 e. The van der Waals surface area contributed by atoms with Crippen molar-refractivity contribution in [3.05, 3.63) is 0 Å². The smallest absolute Gasteiger partial charge is 0.0252 e. The van der Waals surface area contributed by atoms with Crippen LogP contribution in [-0.2, 0) is 0 Å². The molecule has 2 aliphatic rings. The fraction of sp³-hybridized carbons (Fsp3) is 1.00. The average molecular weight is 266 g/mol. The highest BCUT2D eigenvalue weighted by molar-refractivity contribution is 4.95. The van der Waals surface area contributed by atoms with Crippen molar-refractivity contribution >= 4 is 0 Å². The molecular formula is C17H34N2. The molecule has 2 atom stereocenters. The van der Waals surface area contributed by atoms with Crippen LogP contribution in [0.2, 0.25) is 0 Å². The molecule has 2 fully saturated rings. The number of hydrogen-bond donors (Lipinski definition) is 1. The summed E-state index contributed by atoms with van der Waals surface area (Å²) in [5.41, 5.74) is 0. The van der Waals surface area contributed by atoms with Gasteiger partial charge in [0.1, 0.15) is 0 Å². The predicted octanol–water partition coefficient (Wildman–Crippen LogP) is 3.81. The molecule has 0 aromatic carbocycles. The second-order valence-corrected chi connectivity index (χ2v) is 7.06. The van der Waals surface area contributed by atoms with Crippen LogP contribution >= 0.6 is 0 Å². The van der Waals surface area contributed by atoms with E-state index >= 15 is 0 Å². The number of hydrogen-bond acceptors (Lipinski definition) is 2. The quantitative estimate of drug-likeness (QED) is 0.719. The van der Waals surface area contributed by atoms with Crippen molar-refractivity contribution in [2.75, 3.05) is 13.1 Å². The summed E-state index contributed by atoms with van der Waals surface area (Å²) in [6.45, 7) is 9.53. The van der Waals surface area contributed by atoms with Gasteiger partial charge in [0.25, 0.3) is 0 Å². The Morgan fingerprint density at radius 1 is 1.11 bits per heavy atom. The largest absolute Gasteiger partial charge is 0.312 e. The van der Waals surface area contributed by atoms with Gasteiger partial charge in [-0.25, -0.2) is 0 Å². The van der Waals surface area contributed by atoms with Crippen molar-refractivity contribution < 1.29 is 0 Å². The van der Waals surface area contributed by atoms with E-state index in [1.807, 2.05) is 0 Å². The summed E-state index contributed by atoms with van der Waals surface area (Å²) in [6.07, 6.45) is 11.2. The lowest BCUT2D eigenvalue weighted by molar-refractivity contribution is 0.108. The fourth-order valence-electron chi connectivity index (χ4n) is 3.51. The Morgan fingerprint density at radius 2 is 1.84 bits per heavy atom. The van der Waals surface area contributed by atoms with Crippen LogP contribution in [0.4, 0.5) is 0 Å². The van der Waals surface area contributed by atoms with E-state index in [1.54, 1.807) is 0 Å². The Bertz CT molecular complexity index is 248. The third-order valence-electron chi connectivity index (χ3n) is 4.79. The number of nitrogens with one attached hydrogen (secondary N) is 1. The Balaban J connectivity index is 1.91. The highest BCUT2D eigenvalue weighted by Crippen LogP contribution is 2.34. The maximum atomic E-state index is 3.83. The predicted molar refractivity (Wildman–Crippen MR) is 83.5 cm³/mol. The minimum atomic E-state index is 0.765. The second kappa shape index (κ2) is 7.64. The third-order valence-corrected chi connectivity index (χ3v) is 4.79. The molecule has 0 radical (unpaired) electrons. The van der Waals surface area contributed by atoms with Gasteiger partial charge in [0, 0.05) is 18.1 Å². The molecule has 2 unspecified atom stereocenters. The van der Waals surface area contributed by atoms with Gasteiger partial charge in [0.2, 0.25) is 0 Å². The summed E-state index contributed by atoms with van der Waals surface area (Å²) in [5.74, 6) is 0.840. The number of nitrogens with zero attached hydrogens (tertiary/aromatic N) is 1. The maximum Gasteiger partial charge on any atom is 0.0252 e. The molecule has 1 N–H and O–H groups in total. The van der Waals surface area contributed by atoms with E-state index in [-0.39, 0.29) is 0 Å². The van der Waals surface area contributed by atoms with Crippen molar-refractivity contribution in [2.45, 2.75) is 90.3 Å². The Morgan fingerprint density at radius 3 is 2.47 bits per heavy atom. The van der Waals surface area contributed by atoms with Crippen LogP contribution in [0.25, 0.3) is 0 Å². The van der Waals surface area contributed by atoms with Gasteiger partial charge < -0.3 is 5.32 Å². The molecule has 0 saturated heterocycles. The summed E-state index contributed by atoms with van der Waals surface area (Å²) in [5, 5.41) is 3.83. The topological polar surface area (TPSA) is 15.3 Å². The Hall–Kier alpha value is -0.0800. The monoisotopic (exact) mass is 266 g/mol. The van der Waals surface area contributed by atoms with Crippen molar-refractivity contribution in [3.8, 4) is 0 Å². The van der Waals surface area contributed by atoms with Gasteiger partial charge >= 0.3 is 0 Å². The SMILES string of the molecule is CCCNC1CCCCC1N(CCC(C)C)C1CC1. The molecule has 2 rings (SSSR count). The van der Waals surface area contributed by atoms with E-state index < -0.39 is 0 Å². The molecular weight excluding hydrogens is 232 g/mol. The zero-order chi connectivity index (χ0) is 13.7. The zero-order valence-corrected chi connectivity index (χ0v) is 13.3. The third kappa shape index (κ3) is 4.75. The Kier molecular flexibility index (Phi) is 6.15. The van der Waals surface area contributed by atoms with Gasteiger partial charge in [0.05, 0.1) is 0 Å². The van der Waals surface area contributed by atoms with Gasteiger partial charge in [-0.05, 0) is 57.5 Å². The Labute approximate surface area is 120 Å². The summed E-state index contributed by atoms with van der Waals surface area (Å²) in [7, 11) is 0. The molecule has 0 aliphatic heterocycles. The standard InChI is InChI=1S/C17H34N2/c1-4-12-18-16-7-5-6-8-17(16)19(15-9-10-15)13-11-14(2)3/h14-18H,4-13H2,1-3H3. The molecule has 2 aliphatic carbocycles. The summed E-state index contributed by atoms with van der Waals surface area (Å²) in [6, 6.07) is 2.51. The highest BCUT2D eigenvalue weighted by Gasteiger charge is 2.37. The highest BCUT2D eigenvalue weighted by atomic mass is 15.2. The van der Waals surface area contributed by atoms with E-state index in [1.165, 1.54) is 64.5 Å². The van der Waals surface area contributed by atoms with Gasteiger partial charge in [-0.2, -0.15) is 0 Å². The van der Waals surface area contributed by atoms with Crippen LogP contribution < -0.4 is 5.32 Å². The first kappa shape index (κ1) is 15.3. The average Bonchev–Trinajstić information content (AvgIpc) is 3.22. The van der Waals surface area contributed by atoms with E-state index in [0.29, 0.717) is 0 Å². The summed E-state index contributed by atoms with van der Waals surface area (Å²) < 4.78 is 0. The minimum absolute atomic E-state index is 0.765. The molecule has 0 spiro atoms. The molecule has 0 bridgehead atoms. The van der Waals surface area contributed by atoms with Crippen LogP contribution in [0.15, 0.2) is 0 Å². The first-order chi connectivity index (χ1) is 9.22. The van der Waals surface area contributed by atoms with Crippen molar-refractivity contribution in [2.24, 2.45) is 5.92 Å². The fourth-order valence-corrected chi connectivity index (χ4v) is 3.51. The van der Waals surface area contributed by atoms with Crippen LogP contribution in [0.3, 0.4) is 0 Å². The zero-order valence-electron chi connectivity index (χ0n) is 13.3. The van der Waals surface area contributed by atoms with Crippen LogP contribution in [0.5, 0.6) is 0 Å². The molecule has 0 aromatic rings. The maximum absolute atomic E-state index is 3.83. The lowest BCUT2D eigenvalue weighted by atomic mass is 9.88. The number of rotatable bonds is 8. The van der Waals surface area contributed by atoms with Gasteiger partial charge in [0.15, 0.2) is 0 Å². The molecule has 112 valence electrons. The molecule has 0 amide bonds. The van der Waals surface area contributed by atoms with E-state index in [4.69, 9.17) is 0 Å². The van der Waals surface area contributed by atoms with Crippen molar-refractivity contribution in [1.82, 2.24) is 10.2 Å². The van der Waals surface area contributed by atoms with Gasteiger partial charge in [-0.3, -0.25) is 4.90 Å². The van der Waals surface area contributed by atoms with Crippen LogP contribution in [-0.4, -0.2) is 36.1 Å². The second-order valence-electron chi connectivity index (χ2n) is 7.06.